The Balaban J connectivity index is 2.09. The average Bonchev–Trinajstić information content (AvgIpc) is 2.93. The minimum atomic E-state index is -0.000816. The van der Waals surface area contributed by atoms with Crippen molar-refractivity contribution < 1.29 is 9.90 Å². The first-order valence-electron chi connectivity index (χ1n) is 5.59. The Bertz CT molecular complexity index is 612. The number of hydrogen-bond acceptors (Lipinski definition) is 4. The first-order valence-corrected chi connectivity index (χ1v) is 6.67. The van der Waals surface area contributed by atoms with Gasteiger partial charge in [0.1, 0.15) is 17.8 Å². The van der Waals surface area contributed by atoms with E-state index in [1.54, 1.807) is 4.90 Å². The lowest BCUT2D eigenvalue weighted by Gasteiger charge is -2.16. The fourth-order valence-corrected chi connectivity index (χ4v) is 2.88. The molecule has 1 saturated heterocycles. The van der Waals surface area contributed by atoms with Gasteiger partial charge in [0.2, 0.25) is 5.91 Å². The van der Waals surface area contributed by atoms with Crippen LogP contribution in [0.3, 0.4) is 0 Å². The van der Waals surface area contributed by atoms with Crippen LogP contribution in [-0.2, 0) is 4.79 Å². The minimum absolute atomic E-state index is 0.000816. The zero-order chi connectivity index (χ0) is 12.7. The van der Waals surface area contributed by atoms with Gasteiger partial charge in [0.05, 0.1) is 5.39 Å². The Morgan fingerprint density at radius 3 is 3.11 bits per heavy atom. The summed E-state index contributed by atoms with van der Waals surface area (Å²) < 4.78 is 0.985. The van der Waals surface area contributed by atoms with Crippen LogP contribution in [0.2, 0.25) is 0 Å². The van der Waals surface area contributed by atoms with Gasteiger partial charge in [-0.2, -0.15) is 0 Å². The van der Waals surface area contributed by atoms with Crippen molar-refractivity contribution >= 4 is 45.3 Å². The molecule has 0 saturated carbocycles. The lowest BCUT2D eigenvalue weighted by molar-refractivity contribution is -0.117. The smallest absolute Gasteiger partial charge is 0.228 e. The minimum Gasteiger partial charge on any atom is -0.396 e. The molecule has 2 N–H and O–H groups in total. The number of fused-ring (bicyclic) bond motifs is 1. The van der Waals surface area contributed by atoms with Crippen molar-refractivity contribution in [3.05, 3.63) is 16.1 Å². The van der Waals surface area contributed by atoms with Gasteiger partial charge in [0, 0.05) is 35.3 Å². The van der Waals surface area contributed by atoms with E-state index in [2.05, 4.69) is 37.5 Å². The van der Waals surface area contributed by atoms with Crippen molar-refractivity contribution in [1.29, 1.82) is 0 Å². The largest absolute Gasteiger partial charge is 0.396 e. The quantitative estimate of drug-likeness (QED) is 0.782. The van der Waals surface area contributed by atoms with Gasteiger partial charge in [0.15, 0.2) is 0 Å². The van der Waals surface area contributed by atoms with E-state index in [0.717, 1.165) is 14.6 Å². The summed E-state index contributed by atoms with van der Waals surface area (Å²) in [5.41, 5.74) is 0.727. The third-order valence-electron chi connectivity index (χ3n) is 3.12. The number of aliphatic hydroxyl groups is 1. The number of carbonyl (C=O) groups is 1. The Kier molecular flexibility index (Phi) is 2.94. The molecule has 6 nitrogen and oxygen atoms in total. The molecule has 2 aromatic rings. The van der Waals surface area contributed by atoms with Crippen molar-refractivity contribution in [3.63, 3.8) is 0 Å². The van der Waals surface area contributed by atoms with Crippen LogP contribution in [0.25, 0.3) is 11.0 Å². The van der Waals surface area contributed by atoms with E-state index < -0.39 is 0 Å². The molecular weight excluding hydrogens is 347 g/mol. The number of H-pyrrole nitrogens is 1. The molecule has 3 rings (SSSR count). The lowest BCUT2D eigenvalue weighted by atomic mass is 10.1. The highest BCUT2D eigenvalue weighted by Crippen LogP contribution is 2.31. The summed E-state index contributed by atoms with van der Waals surface area (Å²) in [7, 11) is 0. The van der Waals surface area contributed by atoms with E-state index in [1.165, 1.54) is 6.33 Å². The molecule has 18 heavy (non-hydrogen) atoms. The first kappa shape index (κ1) is 11.8. The molecule has 94 valence electrons. The highest BCUT2D eigenvalue weighted by molar-refractivity contribution is 14.1. The summed E-state index contributed by atoms with van der Waals surface area (Å²) in [5.74, 6) is 0.636. The average molecular weight is 358 g/mol. The van der Waals surface area contributed by atoms with Gasteiger partial charge in [-0.05, 0) is 22.6 Å². The number of aliphatic hydroxyl groups excluding tert-OH is 1. The molecule has 0 aliphatic carbocycles. The van der Waals surface area contributed by atoms with Crippen LogP contribution in [0, 0.1) is 9.49 Å². The number of nitrogens with one attached hydrogen (secondary N) is 1. The van der Waals surface area contributed by atoms with E-state index in [-0.39, 0.29) is 18.4 Å². The lowest BCUT2D eigenvalue weighted by Crippen LogP contribution is -2.26. The number of nitrogens with zero attached hydrogens (tertiary/aromatic N) is 3. The summed E-state index contributed by atoms with van der Waals surface area (Å²) >= 11 is 2.19. The van der Waals surface area contributed by atoms with E-state index in [0.29, 0.717) is 18.8 Å². The molecule has 1 atom stereocenters. The van der Waals surface area contributed by atoms with Crippen LogP contribution in [0.1, 0.15) is 6.42 Å². The second kappa shape index (κ2) is 4.47. The van der Waals surface area contributed by atoms with Crippen LogP contribution in [-0.4, -0.2) is 39.1 Å². The van der Waals surface area contributed by atoms with Crippen molar-refractivity contribution in [3.8, 4) is 0 Å². The van der Waals surface area contributed by atoms with Crippen molar-refractivity contribution in [2.24, 2.45) is 5.92 Å². The Morgan fingerprint density at radius 1 is 1.56 bits per heavy atom. The standard InChI is InChI=1S/C11H11IN4O2/c12-7-2-13-10-9(7)11(15-5-14-10)16-3-6(4-17)1-8(16)18/h2,5-6,17H,1,3-4H2,(H,13,14,15). The normalized spacial score (nSPS) is 20.0. The van der Waals surface area contributed by atoms with Gasteiger partial charge in [-0.15, -0.1) is 0 Å². The molecule has 0 bridgehead atoms. The maximum atomic E-state index is 12.0. The van der Waals surface area contributed by atoms with Gasteiger partial charge in [-0.1, -0.05) is 0 Å². The number of carbonyl (C=O) groups excluding carboxylic acids is 1. The van der Waals surface area contributed by atoms with Crippen molar-refractivity contribution in [2.45, 2.75) is 6.42 Å². The Morgan fingerprint density at radius 2 is 2.39 bits per heavy atom. The summed E-state index contributed by atoms with van der Waals surface area (Å²) in [5, 5.41) is 10.0. The van der Waals surface area contributed by atoms with Gasteiger partial charge < -0.3 is 10.1 Å². The van der Waals surface area contributed by atoms with Gasteiger partial charge in [-0.3, -0.25) is 9.69 Å². The molecule has 1 aliphatic heterocycles. The van der Waals surface area contributed by atoms with Crippen molar-refractivity contribution in [1.82, 2.24) is 15.0 Å². The van der Waals surface area contributed by atoms with E-state index in [4.69, 9.17) is 5.11 Å². The molecule has 1 amide bonds. The second-order valence-electron chi connectivity index (χ2n) is 4.31. The number of amides is 1. The molecule has 1 aliphatic rings. The van der Waals surface area contributed by atoms with Crippen LogP contribution in [0.5, 0.6) is 0 Å². The summed E-state index contributed by atoms with van der Waals surface area (Å²) in [4.78, 5) is 25.0. The number of hydrogen-bond donors (Lipinski definition) is 2. The van der Waals surface area contributed by atoms with E-state index >= 15 is 0 Å². The number of aromatic amines is 1. The molecule has 0 spiro atoms. The number of halogens is 1. The van der Waals surface area contributed by atoms with E-state index in [1.807, 2.05) is 6.20 Å². The highest BCUT2D eigenvalue weighted by Gasteiger charge is 2.32. The second-order valence-corrected chi connectivity index (χ2v) is 5.48. The fourth-order valence-electron chi connectivity index (χ4n) is 2.22. The van der Waals surface area contributed by atoms with Crippen LogP contribution < -0.4 is 4.90 Å². The highest BCUT2D eigenvalue weighted by atomic mass is 127. The summed E-state index contributed by atoms with van der Waals surface area (Å²) in [6.07, 6.45) is 3.67. The predicted octanol–water partition coefficient (Wildman–Crippen LogP) is 0.908. The Hall–Kier alpha value is -1.22. The maximum absolute atomic E-state index is 12.0. The third-order valence-corrected chi connectivity index (χ3v) is 3.97. The van der Waals surface area contributed by atoms with Gasteiger partial charge >= 0.3 is 0 Å². The number of anilines is 1. The van der Waals surface area contributed by atoms with Gasteiger partial charge in [-0.25, -0.2) is 9.97 Å². The zero-order valence-corrected chi connectivity index (χ0v) is 11.6. The fraction of sp³-hybridized carbons (Fsp3) is 0.364. The molecule has 7 heteroatoms. The first-order chi connectivity index (χ1) is 8.70. The maximum Gasteiger partial charge on any atom is 0.228 e. The molecule has 1 fully saturated rings. The SMILES string of the molecule is O=C1CC(CO)CN1c1ncnc2[nH]cc(I)c12. The van der Waals surface area contributed by atoms with Crippen molar-refractivity contribution in [2.75, 3.05) is 18.1 Å². The van der Waals surface area contributed by atoms with Crippen LogP contribution in [0.4, 0.5) is 5.82 Å². The van der Waals surface area contributed by atoms with Gasteiger partial charge in [0.25, 0.3) is 0 Å². The molecule has 0 radical (unpaired) electrons. The number of rotatable bonds is 2. The third kappa shape index (κ3) is 1.77. The molecule has 1 unspecified atom stereocenters. The monoisotopic (exact) mass is 358 g/mol. The van der Waals surface area contributed by atoms with Crippen LogP contribution in [0.15, 0.2) is 12.5 Å². The van der Waals surface area contributed by atoms with Crippen LogP contribution >= 0.6 is 22.6 Å². The molecule has 3 heterocycles. The van der Waals surface area contributed by atoms with E-state index in [9.17, 15) is 4.79 Å². The Labute approximate surface area is 117 Å². The molecule has 2 aromatic heterocycles. The molecule has 0 aromatic carbocycles. The summed E-state index contributed by atoms with van der Waals surface area (Å²) in [6, 6.07) is 0. The summed E-state index contributed by atoms with van der Waals surface area (Å²) in [6.45, 7) is 0.545. The predicted molar refractivity (Wildman–Crippen MR) is 74.2 cm³/mol. The topological polar surface area (TPSA) is 82.1 Å². The zero-order valence-electron chi connectivity index (χ0n) is 9.43. The molecular formula is C11H11IN4O2. The number of aromatic nitrogens is 3.